The van der Waals surface area contributed by atoms with Crippen molar-refractivity contribution in [3.8, 4) is 6.07 Å². The average Bonchev–Trinajstić information content (AvgIpc) is 3.10. The van der Waals surface area contributed by atoms with E-state index in [0.29, 0.717) is 11.6 Å². The second kappa shape index (κ2) is 8.95. The number of rotatable bonds is 6. The molecule has 4 nitrogen and oxygen atoms in total. The molecule has 0 aliphatic rings. The van der Waals surface area contributed by atoms with Crippen LogP contribution in [0, 0.1) is 29.9 Å². The van der Waals surface area contributed by atoms with Crippen LogP contribution in [-0.2, 0) is 5.75 Å². The van der Waals surface area contributed by atoms with Gasteiger partial charge in [0.15, 0.2) is 0 Å². The molecule has 2 aromatic carbocycles. The lowest BCUT2D eigenvalue weighted by molar-refractivity contribution is 0.0944. The van der Waals surface area contributed by atoms with Crippen LogP contribution in [0.5, 0.6) is 0 Å². The molecule has 3 aromatic rings. The predicted octanol–water partition coefficient (Wildman–Crippen LogP) is 5.02. The zero-order chi connectivity index (χ0) is 20.1. The number of carbonyl (C=O) groups is 1. The summed E-state index contributed by atoms with van der Waals surface area (Å²) in [5.74, 6) is -1.41. The van der Waals surface area contributed by atoms with Crippen molar-refractivity contribution in [3.63, 3.8) is 0 Å². The summed E-state index contributed by atoms with van der Waals surface area (Å²) in [5.41, 5.74) is 2.28. The summed E-state index contributed by atoms with van der Waals surface area (Å²) >= 11 is 3.20. The van der Waals surface area contributed by atoms with Gasteiger partial charge >= 0.3 is 0 Å². The lowest BCUT2D eigenvalue weighted by Gasteiger charge is -2.13. The molecule has 0 aliphatic carbocycles. The molecule has 0 saturated carbocycles. The Morgan fingerprint density at radius 3 is 2.64 bits per heavy atom. The number of hydrogen-bond acceptors (Lipinski definition) is 5. The molecule has 1 amide bonds. The number of halogens is 2. The van der Waals surface area contributed by atoms with Gasteiger partial charge in [-0.2, -0.15) is 5.26 Å². The molecule has 1 unspecified atom stereocenters. The number of nitrogens with one attached hydrogen (secondary N) is 1. The summed E-state index contributed by atoms with van der Waals surface area (Å²) in [6, 6.07) is 10.4. The second-order valence-corrected chi connectivity index (χ2v) is 8.02. The number of aromatic nitrogens is 1. The summed E-state index contributed by atoms with van der Waals surface area (Å²) in [6.45, 7) is 1.94. The van der Waals surface area contributed by atoms with Crippen LogP contribution in [0.2, 0.25) is 0 Å². The molecule has 0 aliphatic heterocycles. The molecular formula is C20H15F2N3OS2. The van der Waals surface area contributed by atoms with E-state index in [2.05, 4.69) is 10.3 Å². The van der Waals surface area contributed by atoms with Crippen molar-refractivity contribution in [2.75, 3.05) is 0 Å². The van der Waals surface area contributed by atoms with Crippen LogP contribution >= 0.6 is 23.1 Å². The Morgan fingerprint density at radius 2 is 2.04 bits per heavy atom. The third-order valence-electron chi connectivity index (χ3n) is 3.85. The fourth-order valence-corrected chi connectivity index (χ4v) is 4.23. The molecule has 28 heavy (non-hydrogen) atoms. The Bertz CT molecular complexity index is 1030. The summed E-state index contributed by atoms with van der Waals surface area (Å²) in [7, 11) is 0. The van der Waals surface area contributed by atoms with Gasteiger partial charge in [-0.1, -0.05) is 30.0 Å². The van der Waals surface area contributed by atoms with Gasteiger partial charge in [0.05, 0.1) is 6.07 Å². The second-order valence-electron chi connectivity index (χ2n) is 5.94. The average molecular weight is 415 g/mol. The first-order valence-corrected chi connectivity index (χ1v) is 10.1. The third-order valence-corrected chi connectivity index (χ3v) is 6.06. The van der Waals surface area contributed by atoms with Gasteiger partial charge in [0.25, 0.3) is 5.91 Å². The van der Waals surface area contributed by atoms with E-state index < -0.39 is 23.6 Å². The number of amides is 1. The zero-order valence-electron chi connectivity index (χ0n) is 14.8. The Morgan fingerprint density at radius 1 is 1.29 bits per heavy atom. The topological polar surface area (TPSA) is 65.8 Å². The molecule has 0 saturated heterocycles. The monoisotopic (exact) mass is 415 g/mol. The van der Waals surface area contributed by atoms with Gasteiger partial charge < -0.3 is 5.32 Å². The largest absolute Gasteiger partial charge is 0.332 e. The number of carbonyl (C=O) groups excluding carboxylic acids is 1. The maximum atomic E-state index is 13.9. The van der Waals surface area contributed by atoms with E-state index >= 15 is 0 Å². The van der Waals surface area contributed by atoms with Gasteiger partial charge in [0, 0.05) is 34.0 Å². The summed E-state index contributed by atoms with van der Waals surface area (Å²) < 4.78 is 27.9. The van der Waals surface area contributed by atoms with Gasteiger partial charge in [-0.25, -0.2) is 13.8 Å². The molecule has 1 N–H and O–H groups in total. The molecule has 1 heterocycles. The molecular weight excluding hydrogens is 400 g/mol. The highest BCUT2D eigenvalue weighted by molar-refractivity contribution is 8.00. The maximum Gasteiger partial charge on any atom is 0.252 e. The first-order chi connectivity index (χ1) is 13.5. The highest BCUT2D eigenvalue weighted by Gasteiger charge is 2.19. The molecule has 0 radical (unpaired) electrons. The van der Waals surface area contributed by atoms with E-state index in [0.717, 1.165) is 33.5 Å². The molecule has 0 fully saturated rings. The quantitative estimate of drug-likeness (QED) is 0.575. The summed E-state index contributed by atoms with van der Waals surface area (Å²) in [6.07, 6.45) is 0. The van der Waals surface area contributed by atoms with E-state index in [1.807, 2.05) is 30.5 Å². The fraction of sp³-hybridized carbons (Fsp3) is 0.150. The van der Waals surface area contributed by atoms with Crippen molar-refractivity contribution in [2.45, 2.75) is 23.1 Å². The first kappa shape index (κ1) is 20.0. The third kappa shape index (κ3) is 4.94. The van der Waals surface area contributed by atoms with Crippen molar-refractivity contribution in [3.05, 3.63) is 81.9 Å². The van der Waals surface area contributed by atoms with E-state index in [9.17, 15) is 18.8 Å². The Labute approximate surface area is 169 Å². The standard InChI is InChI=1S/C20H15F2N3OS2/c1-12-10-27-20(24-12)28-11-13-2-4-14(5-3-13)19(26)25-18(9-23)16-7-6-15(21)8-17(16)22/h2-8,10,18H,11H2,1H3,(H,25,26). The summed E-state index contributed by atoms with van der Waals surface area (Å²) in [4.78, 5) is 16.8. The molecule has 0 spiro atoms. The van der Waals surface area contributed by atoms with Crippen molar-refractivity contribution in [1.82, 2.24) is 10.3 Å². The highest BCUT2D eigenvalue weighted by Crippen LogP contribution is 2.26. The smallest absolute Gasteiger partial charge is 0.252 e. The minimum Gasteiger partial charge on any atom is -0.332 e. The van der Waals surface area contributed by atoms with Crippen LogP contribution in [0.4, 0.5) is 8.78 Å². The van der Waals surface area contributed by atoms with Crippen LogP contribution in [0.3, 0.4) is 0 Å². The molecule has 8 heteroatoms. The molecule has 1 aromatic heterocycles. The number of benzene rings is 2. The van der Waals surface area contributed by atoms with Gasteiger partial charge in [-0.05, 0) is 30.7 Å². The Hall–Kier alpha value is -2.76. The maximum absolute atomic E-state index is 13.9. The number of nitriles is 1. The zero-order valence-corrected chi connectivity index (χ0v) is 16.4. The van der Waals surface area contributed by atoms with E-state index in [1.54, 1.807) is 35.2 Å². The van der Waals surface area contributed by atoms with Crippen LogP contribution in [0.15, 0.2) is 52.2 Å². The molecule has 1 atom stereocenters. The van der Waals surface area contributed by atoms with E-state index in [-0.39, 0.29) is 5.56 Å². The van der Waals surface area contributed by atoms with Gasteiger partial charge in [-0.3, -0.25) is 4.79 Å². The SMILES string of the molecule is Cc1csc(SCc2ccc(C(=O)NC(C#N)c3ccc(F)cc3F)cc2)n1. The number of thioether (sulfide) groups is 1. The Balaban J connectivity index is 1.64. The number of nitrogens with zero attached hydrogens (tertiary/aromatic N) is 2. The number of hydrogen-bond donors (Lipinski definition) is 1. The number of thiazole rings is 1. The molecule has 142 valence electrons. The first-order valence-electron chi connectivity index (χ1n) is 8.25. The summed E-state index contributed by atoms with van der Waals surface area (Å²) in [5, 5.41) is 13.7. The van der Waals surface area contributed by atoms with Crippen molar-refractivity contribution >= 4 is 29.0 Å². The minimum absolute atomic E-state index is 0.0796. The van der Waals surface area contributed by atoms with Crippen molar-refractivity contribution < 1.29 is 13.6 Å². The lowest BCUT2D eigenvalue weighted by Crippen LogP contribution is -2.28. The van der Waals surface area contributed by atoms with Crippen LogP contribution in [0.1, 0.15) is 33.2 Å². The van der Waals surface area contributed by atoms with E-state index in [1.165, 1.54) is 0 Å². The Kier molecular flexibility index (Phi) is 6.39. The van der Waals surface area contributed by atoms with Gasteiger partial charge in [0.1, 0.15) is 22.0 Å². The van der Waals surface area contributed by atoms with Crippen LogP contribution < -0.4 is 5.32 Å². The molecule has 0 bridgehead atoms. The normalized spacial score (nSPS) is 11.6. The number of aryl methyl sites for hydroxylation is 1. The lowest BCUT2D eigenvalue weighted by atomic mass is 10.1. The molecule has 3 rings (SSSR count). The van der Waals surface area contributed by atoms with Crippen molar-refractivity contribution in [2.24, 2.45) is 0 Å². The highest BCUT2D eigenvalue weighted by atomic mass is 32.2. The van der Waals surface area contributed by atoms with Crippen LogP contribution in [-0.4, -0.2) is 10.9 Å². The van der Waals surface area contributed by atoms with Crippen molar-refractivity contribution in [1.29, 1.82) is 5.26 Å². The van der Waals surface area contributed by atoms with E-state index in [4.69, 9.17) is 0 Å². The van der Waals surface area contributed by atoms with Gasteiger partial charge in [-0.15, -0.1) is 11.3 Å². The van der Waals surface area contributed by atoms with Crippen LogP contribution in [0.25, 0.3) is 0 Å². The van der Waals surface area contributed by atoms with Gasteiger partial charge in [0.2, 0.25) is 0 Å². The minimum atomic E-state index is -1.21. The predicted molar refractivity (Wildman–Crippen MR) is 105 cm³/mol. The fourth-order valence-electron chi connectivity index (χ4n) is 2.43.